The summed E-state index contributed by atoms with van der Waals surface area (Å²) in [5.41, 5.74) is 6.35. The molecule has 0 aliphatic heterocycles. The summed E-state index contributed by atoms with van der Waals surface area (Å²) in [5, 5.41) is 13.6. The average molecular weight is 297 g/mol. The van der Waals surface area contributed by atoms with Crippen LogP contribution >= 0.6 is 11.6 Å². The van der Waals surface area contributed by atoms with E-state index in [0.717, 1.165) is 31.2 Å². The minimum absolute atomic E-state index is 0.143. The van der Waals surface area contributed by atoms with Gasteiger partial charge in [-0.2, -0.15) is 0 Å². The van der Waals surface area contributed by atoms with Crippen molar-refractivity contribution in [1.82, 2.24) is 5.32 Å². The van der Waals surface area contributed by atoms with Gasteiger partial charge in [0, 0.05) is 22.7 Å². The molecule has 1 aromatic rings. The summed E-state index contributed by atoms with van der Waals surface area (Å²) in [5.74, 6) is -0.481. The molecule has 0 heterocycles. The fraction of sp³-hybridized carbons (Fsp3) is 0.533. The molecule has 0 aromatic heterocycles. The van der Waals surface area contributed by atoms with Crippen LogP contribution in [0.4, 0.5) is 0 Å². The second-order valence-electron chi connectivity index (χ2n) is 5.52. The molecule has 0 saturated heterocycles. The Balaban J connectivity index is 2.04. The maximum absolute atomic E-state index is 11.1. The van der Waals surface area contributed by atoms with Crippen molar-refractivity contribution >= 4 is 17.5 Å². The molecule has 1 fully saturated rings. The van der Waals surface area contributed by atoms with Gasteiger partial charge in [-0.1, -0.05) is 36.9 Å². The van der Waals surface area contributed by atoms with Crippen LogP contribution in [0.15, 0.2) is 18.2 Å². The summed E-state index contributed by atoms with van der Waals surface area (Å²) in [6.45, 7) is 0.725. The number of carbonyl (C=O) groups is 1. The zero-order chi connectivity index (χ0) is 14.6. The first-order chi connectivity index (χ1) is 9.56. The lowest BCUT2D eigenvalue weighted by molar-refractivity contribution is 0.100. The van der Waals surface area contributed by atoms with Crippen LogP contribution < -0.4 is 11.1 Å². The SMILES string of the molecule is NC(=O)c1ccc(CNC2(CO)CCCCC2)c(Cl)c1. The number of nitrogens with one attached hydrogen (secondary N) is 1. The third-order valence-electron chi connectivity index (χ3n) is 4.10. The minimum Gasteiger partial charge on any atom is -0.394 e. The molecule has 1 saturated carbocycles. The van der Waals surface area contributed by atoms with Crippen LogP contribution in [0, 0.1) is 0 Å². The summed E-state index contributed by atoms with van der Waals surface area (Å²) < 4.78 is 0. The van der Waals surface area contributed by atoms with Gasteiger partial charge in [-0.25, -0.2) is 0 Å². The molecule has 2 rings (SSSR count). The van der Waals surface area contributed by atoms with E-state index < -0.39 is 5.91 Å². The monoisotopic (exact) mass is 296 g/mol. The highest BCUT2D eigenvalue weighted by Crippen LogP contribution is 2.28. The topological polar surface area (TPSA) is 75.4 Å². The Bertz CT molecular complexity index is 485. The number of primary amides is 1. The fourth-order valence-electron chi connectivity index (χ4n) is 2.75. The Hall–Kier alpha value is -1.10. The zero-order valence-corrected chi connectivity index (χ0v) is 12.2. The normalized spacial score (nSPS) is 17.9. The number of benzene rings is 1. The quantitative estimate of drug-likeness (QED) is 0.780. The van der Waals surface area contributed by atoms with Crippen molar-refractivity contribution in [1.29, 1.82) is 0 Å². The van der Waals surface area contributed by atoms with Crippen molar-refractivity contribution in [2.75, 3.05) is 6.61 Å². The first-order valence-electron chi connectivity index (χ1n) is 7.00. The fourth-order valence-corrected chi connectivity index (χ4v) is 2.99. The molecular weight excluding hydrogens is 276 g/mol. The molecular formula is C15H21ClN2O2. The molecule has 4 nitrogen and oxygen atoms in total. The molecule has 0 unspecified atom stereocenters. The number of amides is 1. The van der Waals surface area contributed by atoms with Gasteiger partial charge in [-0.3, -0.25) is 4.79 Å². The molecule has 110 valence electrons. The van der Waals surface area contributed by atoms with Gasteiger partial charge < -0.3 is 16.2 Å². The summed E-state index contributed by atoms with van der Waals surface area (Å²) in [6.07, 6.45) is 5.49. The predicted molar refractivity (Wildman–Crippen MR) is 79.7 cm³/mol. The maximum atomic E-state index is 11.1. The van der Waals surface area contributed by atoms with E-state index >= 15 is 0 Å². The highest BCUT2D eigenvalue weighted by molar-refractivity contribution is 6.31. The second-order valence-corrected chi connectivity index (χ2v) is 5.93. The lowest BCUT2D eigenvalue weighted by atomic mass is 9.82. The molecule has 20 heavy (non-hydrogen) atoms. The van der Waals surface area contributed by atoms with E-state index in [9.17, 15) is 9.90 Å². The third-order valence-corrected chi connectivity index (χ3v) is 4.46. The molecule has 5 heteroatoms. The maximum Gasteiger partial charge on any atom is 0.248 e. The zero-order valence-electron chi connectivity index (χ0n) is 11.5. The number of hydrogen-bond donors (Lipinski definition) is 3. The van der Waals surface area contributed by atoms with Crippen LogP contribution in [-0.2, 0) is 6.54 Å². The van der Waals surface area contributed by atoms with Crippen molar-refractivity contribution in [2.24, 2.45) is 5.73 Å². The Morgan fingerprint density at radius 2 is 2.05 bits per heavy atom. The first-order valence-corrected chi connectivity index (χ1v) is 7.38. The largest absolute Gasteiger partial charge is 0.394 e. The number of rotatable bonds is 5. The number of halogens is 1. The standard InChI is InChI=1S/C15H21ClN2O2/c16-13-8-11(14(17)20)4-5-12(13)9-18-15(10-19)6-2-1-3-7-15/h4-5,8,18-19H,1-3,6-7,9-10H2,(H2,17,20). The molecule has 4 N–H and O–H groups in total. The van der Waals surface area contributed by atoms with Crippen molar-refractivity contribution in [3.05, 3.63) is 34.3 Å². The molecule has 0 atom stereocenters. The van der Waals surface area contributed by atoms with Gasteiger partial charge in [0.25, 0.3) is 0 Å². The van der Waals surface area contributed by atoms with Crippen molar-refractivity contribution in [2.45, 2.75) is 44.2 Å². The van der Waals surface area contributed by atoms with Crippen LogP contribution in [0.2, 0.25) is 5.02 Å². The van der Waals surface area contributed by atoms with Gasteiger partial charge >= 0.3 is 0 Å². The Morgan fingerprint density at radius 3 is 2.60 bits per heavy atom. The average Bonchev–Trinajstić information content (AvgIpc) is 2.47. The van der Waals surface area contributed by atoms with E-state index in [-0.39, 0.29) is 12.1 Å². The molecule has 0 bridgehead atoms. The lowest BCUT2D eigenvalue weighted by Gasteiger charge is -2.36. The lowest BCUT2D eigenvalue weighted by Crippen LogP contribution is -2.49. The number of aliphatic hydroxyl groups excluding tert-OH is 1. The molecule has 1 aliphatic carbocycles. The molecule has 1 amide bonds. The first kappa shape index (κ1) is 15.3. The van der Waals surface area contributed by atoms with Gasteiger partial charge in [0.2, 0.25) is 5.91 Å². The van der Waals surface area contributed by atoms with Crippen molar-refractivity contribution in [3.63, 3.8) is 0 Å². The van der Waals surface area contributed by atoms with Crippen molar-refractivity contribution < 1.29 is 9.90 Å². The van der Waals surface area contributed by atoms with E-state index in [1.54, 1.807) is 12.1 Å². The minimum atomic E-state index is -0.481. The highest BCUT2D eigenvalue weighted by atomic mass is 35.5. The van der Waals surface area contributed by atoms with Gasteiger partial charge in [0.15, 0.2) is 0 Å². The number of carbonyl (C=O) groups excluding carboxylic acids is 1. The van der Waals surface area contributed by atoms with Gasteiger partial charge in [0.1, 0.15) is 0 Å². The summed E-state index contributed by atoms with van der Waals surface area (Å²) >= 11 is 6.17. The van der Waals surface area contributed by atoms with Crippen LogP contribution in [0.5, 0.6) is 0 Å². The van der Waals surface area contributed by atoms with E-state index in [2.05, 4.69) is 5.32 Å². The summed E-state index contributed by atoms with van der Waals surface area (Å²) in [6, 6.07) is 5.08. The van der Waals surface area contributed by atoms with Gasteiger partial charge in [-0.15, -0.1) is 0 Å². The van der Waals surface area contributed by atoms with E-state index in [1.807, 2.05) is 6.07 Å². The van der Waals surface area contributed by atoms with Crippen LogP contribution in [0.3, 0.4) is 0 Å². The molecule has 0 radical (unpaired) electrons. The number of hydrogen-bond acceptors (Lipinski definition) is 3. The second kappa shape index (κ2) is 6.57. The molecule has 1 aliphatic rings. The Labute approximate surface area is 124 Å². The molecule has 1 aromatic carbocycles. The smallest absolute Gasteiger partial charge is 0.248 e. The van der Waals surface area contributed by atoms with E-state index in [1.165, 1.54) is 6.42 Å². The predicted octanol–water partition coefficient (Wildman–Crippen LogP) is 2.22. The summed E-state index contributed by atoms with van der Waals surface area (Å²) in [7, 11) is 0. The van der Waals surface area contributed by atoms with E-state index in [0.29, 0.717) is 17.1 Å². The van der Waals surface area contributed by atoms with Crippen LogP contribution in [0.1, 0.15) is 48.0 Å². The van der Waals surface area contributed by atoms with Crippen molar-refractivity contribution in [3.8, 4) is 0 Å². The third kappa shape index (κ3) is 3.51. The van der Waals surface area contributed by atoms with Gasteiger partial charge in [-0.05, 0) is 30.5 Å². The molecule has 0 spiro atoms. The summed E-state index contributed by atoms with van der Waals surface area (Å²) in [4.78, 5) is 11.1. The van der Waals surface area contributed by atoms with E-state index in [4.69, 9.17) is 17.3 Å². The van der Waals surface area contributed by atoms with Gasteiger partial charge in [0.05, 0.1) is 6.61 Å². The highest BCUT2D eigenvalue weighted by Gasteiger charge is 2.30. The van der Waals surface area contributed by atoms with Crippen LogP contribution in [-0.4, -0.2) is 23.2 Å². The van der Waals surface area contributed by atoms with Crippen LogP contribution in [0.25, 0.3) is 0 Å². The number of aliphatic hydroxyl groups is 1. The Kier molecular flexibility index (Phi) is 5.02. The number of nitrogens with two attached hydrogens (primary N) is 1. The Morgan fingerprint density at radius 1 is 1.35 bits per heavy atom.